The van der Waals surface area contributed by atoms with Gasteiger partial charge >= 0.3 is 0 Å². The van der Waals surface area contributed by atoms with Crippen LogP contribution in [0.1, 0.15) is 17.7 Å². The average molecular weight is 274 g/mol. The zero-order valence-electron chi connectivity index (χ0n) is 10.4. The molecule has 1 amide bonds. The summed E-state index contributed by atoms with van der Waals surface area (Å²) in [7, 11) is 0. The summed E-state index contributed by atoms with van der Waals surface area (Å²) >= 11 is 1.56. The molecular weight excluding hydrogens is 260 g/mol. The van der Waals surface area contributed by atoms with Crippen LogP contribution in [-0.2, 0) is 17.8 Å². The maximum absolute atomic E-state index is 11.8. The van der Waals surface area contributed by atoms with Crippen LogP contribution < -0.4 is 5.32 Å². The highest BCUT2D eigenvalue weighted by atomic mass is 32.1. The van der Waals surface area contributed by atoms with E-state index in [2.05, 4.69) is 16.5 Å². The van der Waals surface area contributed by atoms with Gasteiger partial charge in [0.1, 0.15) is 0 Å². The third-order valence-electron chi connectivity index (χ3n) is 2.50. The monoisotopic (exact) mass is 274 g/mol. The Hall–Kier alpha value is -2.13. The molecule has 19 heavy (non-hydrogen) atoms. The van der Waals surface area contributed by atoms with Crippen LogP contribution in [0, 0.1) is 11.3 Å². The van der Waals surface area contributed by atoms with Gasteiger partial charge in [0.2, 0.25) is 5.91 Å². The van der Waals surface area contributed by atoms with Crippen molar-refractivity contribution >= 4 is 23.1 Å². The first-order valence-corrected chi connectivity index (χ1v) is 6.88. The summed E-state index contributed by atoms with van der Waals surface area (Å²) in [5, 5.41) is 17.4. The van der Waals surface area contributed by atoms with E-state index in [1.54, 1.807) is 28.3 Å². The Morgan fingerprint density at radius 3 is 3.16 bits per heavy atom. The number of unbranched alkanes of at least 4 members (excludes halogenated alkanes) is 1. The lowest BCUT2D eigenvalue weighted by Crippen LogP contribution is -2.14. The fraction of sp³-hybridized carbons (Fsp3) is 0.308. The summed E-state index contributed by atoms with van der Waals surface area (Å²) in [5.74, 6) is 0.489. The number of nitrogens with one attached hydrogen (secondary N) is 1. The molecule has 0 unspecified atom stereocenters. The lowest BCUT2D eigenvalue weighted by atomic mass is 10.3. The van der Waals surface area contributed by atoms with Crippen molar-refractivity contribution in [1.82, 2.24) is 9.78 Å². The minimum atomic E-state index is -0.0651. The summed E-state index contributed by atoms with van der Waals surface area (Å²) in [6.07, 6.45) is 3.46. The van der Waals surface area contributed by atoms with Gasteiger partial charge in [0.15, 0.2) is 5.82 Å². The fourth-order valence-electron chi connectivity index (χ4n) is 1.63. The molecule has 0 spiro atoms. The van der Waals surface area contributed by atoms with Gasteiger partial charge in [-0.1, -0.05) is 6.07 Å². The van der Waals surface area contributed by atoms with Gasteiger partial charge in [-0.3, -0.25) is 9.48 Å². The van der Waals surface area contributed by atoms with Gasteiger partial charge < -0.3 is 5.32 Å². The average Bonchev–Trinajstić information content (AvgIpc) is 3.02. The van der Waals surface area contributed by atoms with Crippen LogP contribution in [0.25, 0.3) is 0 Å². The molecule has 6 heteroatoms. The highest BCUT2D eigenvalue weighted by Gasteiger charge is 2.06. The van der Waals surface area contributed by atoms with Crippen molar-refractivity contribution in [3.63, 3.8) is 0 Å². The molecule has 2 aromatic rings. The lowest BCUT2D eigenvalue weighted by Gasteiger charge is -2.00. The maximum Gasteiger partial charge on any atom is 0.230 e. The Balaban J connectivity index is 1.82. The minimum Gasteiger partial charge on any atom is -0.309 e. The van der Waals surface area contributed by atoms with Crippen LogP contribution in [-0.4, -0.2) is 15.7 Å². The van der Waals surface area contributed by atoms with Crippen molar-refractivity contribution in [3.8, 4) is 6.07 Å². The van der Waals surface area contributed by atoms with E-state index in [4.69, 9.17) is 5.26 Å². The third-order valence-corrected chi connectivity index (χ3v) is 3.38. The number of anilines is 1. The van der Waals surface area contributed by atoms with E-state index in [1.807, 2.05) is 17.5 Å². The van der Waals surface area contributed by atoms with Crippen molar-refractivity contribution in [1.29, 1.82) is 5.26 Å². The van der Waals surface area contributed by atoms with Crippen molar-refractivity contribution in [2.24, 2.45) is 0 Å². The second kappa shape index (κ2) is 6.71. The number of nitrogens with zero attached hydrogens (tertiary/aromatic N) is 3. The number of aryl methyl sites for hydroxylation is 1. The maximum atomic E-state index is 11.8. The van der Waals surface area contributed by atoms with E-state index in [1.165, 1.54) is 0 Å². The standard InChI is InChI=1S/C13H14N4OS/c14-6-1-2-7-17-8-5-12(16-17)15-13(18)10-11-4-3-9-19-11/h3-5,8-9H,1-2,7,10H2,(H,15,16,18). The number of rotatable bonds is 6. The first-order chi connectivity index (χ1) is 9.28. The van der Waals surface area contributed by atoms with Crippen LogP contribution in [0.5, 0.6) is 0 Å². The molecule has 0 aliphatic carbocycles. The SMILES string of the molecule is N#CCCCn1ccc(NC(=O)Cc2cccs2)n1. The number of carbonyl (C=O) groups excluding carboxylic acids is 1. The van der Waals surface area contributed by atoms with Gasteiger partial charge in [0.25, 0.3) is 0 Å². The second-order valence-electron chi connectivity index (χ2n) is 4.03. The highest BCUT2D eigenvalue weighted by molar-refractivity contribution is 7.10. The third kappa shape index (κ3) is 4.23. The number of amides is 1. The van der Waals surface area contributed by atoms with Crippen molar-refractivity contribution in [3.05, 3.63) is 34.7 Å². The molecule has 0 aliphatic heterocycles. The zero-order valence-corrected chi connectivity index (χ0v) is 11.2. The Labute approximate surface area is 115 Å². The number of hydrogen-bond acceptors (Lipinski definition) is 4. The summed E-state index contributed by atoms with van der Waals surface area (Å²) in [6, 6.07) is 7.72. The van der Waals surface area contributed by atoms with E-state index in [-0.39, 0.29) is 5.91 Å². The summed E-state index contributed by atoms with van der Waals surface area (Å²) in [5.41, 5.74) is 0. The first kappa shape index (κ1) is 13.3. The summed E-state index contributed by atoms with van der Waals surface area (Å²) in [6.45, 7) is 0.689. The Bertz CT molecular complexity index is 568. The number of nitriles is 1. The van der Waals surface area contributed by atoms with Gasteiger partial charge in [-0.15, -0.1) is 11.3 Å². The van der Waals surface area contributed by atoms with Crippen LogP contribution in [0.4, 0.5) is 5.82 Å². The Morgan fingerprint density at radius 2 is 2.42 bits per heavy atom. The molecule has 0 saturated heterocycles. The molecule has 5 nitrogen and oxygen atoms in total. The van der Waals surface area contributed by atoms with E-state index in [0.717, 1.165) is 11.3 Å². The van der Waals surface area contributed by atoms with Crippen molar-refractivity contribution in [2.75, 3.05) is 5.32 Å². The minimum absolute atomic E-state index is 0.0651. The molecule has 2 rings (SSSR count). The number of hydrogen-bond donors (Lipinski definition) is 1. The fourth-order valence-corrected chi connectivity index (χ4v) is 2.33. The van der Waals surface area contributed by atoms with Crippen molar-refractivity contribution < 1.29 is 4.79 Å². The summed E-state index contributed by atoms with van der Waals surface area (Å²) in [4.78, 5) is 12.8. The van der Waals surface area contributed by atoms with Gasteiger partial charge in [0.05, 0.1) is 12.5 Å². The lowest BCUT2D eigenvalue weighted by molar-refractivity contribution is -0.115. The topological polar surface area (TPSA) is 70.7 Å². The molecule has 0 fully saturated rings. The molecule has 0 atom stereocenters. The molecule has 0 radical (unpaired) electrons. The molecular formula is C13H14N4OS. The quantitative estimate of drug-likeness (QED) is 0.822. The molecule has 0 bridgehead atoms. The number of carbonyl (C=O) groups is 1. The van der Waals surface area contributed by atoms with Gasteiger partial charge in [-0.05, 0) is 17.9 Å². The Kier molecular flexibility index (Phi) is 4.70. The predicted molar refractivity (Wildman–Crippen MR) is 73.7 cm³/mol. The molecule has 2 heterocycles. The number of thiophene rings is 1. The first-order valence-electron chi connectivity index (χ1n) is 6.00. The molecule has 98 valence electrons. The van der Waals surface area contributed by atoms with Crippen LogP contribution in [0.3, 0.4) is 0 Å². The normalized spacial score (nSPS) is 10.1. The predicted octanol–water partition coefficient (Wildman–Crippen LogP) is 2.43. The van der Waals surface area contributed by atoms with Gasteiger partial charge in [-0.2, -0.15) is 10.4 Å². The van der Waals surface area contributed by atoms with Gasteiger partial charge in [0, 0.05) is 30.1 Å². The molecule has 1 N–H and O–H groups in total. The summed E-state index contributed by atoms with van der Waals surface area (Å²) < 4.78 is 1.73. The second-order valence-corrected chi connectivity index (χ2v) is 5.06. The highest BCUT2D eigenvalue weighted by Crippen LogP contribution is 2.10. The van der Waals surface area contributed by atoms with Crippen LogP contribution >= 0.6 is 11.3 Å². The Morgan fingerprint density at radius 1 is 1.53 bits per heavy atom. The smallest absolute Gasteiger partial charge is 0.230 e. The van der Waals surface area contributed by atoms with Crippen LogP contribution in [0.15, 0.2) is 29.8 Å². The molecule has 2 aromatic heterocycles. The van der Waals surface area contributed by atoms with E-state index in [9.17, 15) is 4.79 Å². The largest absolute Gasteiger partial charge is 0.309 e. The van der Waals surface area contributed by atoms with E-state index >= 15 is 0 Å². The van der Waals surface area contributed by atoms with Gasteiger partial charge in [-0.25, -0.2) is 0 Å². The number of aromatic nitrogens is 2. The van der Waals surface area contributed by atoms with Crippen LogP contribution in [0.2, 0.25) is 0 Å². The zero-order chi connectivity index (χ0) is 13.5. The molecule has 0 aliphatic rings. The van der Waals surface area contributed by atoms with E-state index in [0.29, 0.717) is 25.2 Å². The molecule has 0 aromatic carbocycles. The molecule has 0 saturated carbocycles. The van der Waals surface area contributed by atoms with Crippen molar-refractivity contribution in [2.45, 2.75) is 25.8 Å². The van der Waals surface area contributed by atoms with E-state index < -0.39 is 0 Å².